The minimum atomic E-state index is 0.200. The van der Waals surface area contributed by atoms with Gasteiger partial charge in [-0.3, -0.25) is 0 Å². The lowest BCUT2D eigenvalue weighted by Crippen LogP contribution is -2.29. The summed E-state index contributed by atoms with van der Waals surface area (Å²) in [6.45, 7) is 5.63. The largest absolute Gasteiger partial charge is 0.488 e. The molecule has 4 rings (SSSR count). The molecule has 0 aliphatic carbocycles. The Labute approximate surface area is 135 Å². The van der Waals surface area contributed by atoms with E-state index in [1.165, 1.54) is 5.56 Å². The van der Waals surface area contributed by atoms with E-state index >= 15 is 0 Å². The number of nitrogens with zero attached hydrogens (tertiary/aromatic N) is 3. The second-order valence-electron chi connectivity index (χ2n) is 6.13. The van der Waals surface area contributed by atoms with Gasteiger partial charge in [0.2, 0.25) is 0 Å². The summed E-state index contributed by atoms with van der Waals surface area (Å²) >= 11 is 0. The van der Waals surface area contributed by atoms with Crippen molar-refractivity contribution in [2.45, 2.75) is 32.9 Å². The average Bonchev–Trinajstić information content (AvgIpc) is 3.11. The van der Waals surface area contributed by atoms with Crippen LogP contribution in [0.4, 0.5) is 0 Å². The molecule has 3 aromatic rings. The van der Waals surface area contributed by atoms with Crippen LogP contribution in [-0.4, -0.2) is 27.2 Å². The molecule has 0 saturated carbocycles. The van der Waals surface area contributed by atoms with Gasteiger partial charge in [-0.25, -0.2) is 9.50 Å². The molecule has 0 bridgehead atoms. The van der Waals surface area contributed by atoms with Crippen molar-refractivity contribution in [3.05, 3.63) is 59.0 Å². The van der Waals surface area contributed by atoms with Crippen LogP contribution in [-0.2, 0) is 13.0 Å². The first-order chi connectivity index (χ1) is 11.2. The standard InChI is InChI=1S/C18H20N4O/c1-12-7-13(2)22-18(21-12)15(10-20-22)9-19-11-16-8-14-5-3-4-6-17(14)23-16/h3-7,10,16,19H,8-9,11H2,1-2H3. The summed E-state index contributed by atoms with van der Waals surface area (Å²) in [5.74, 6) is 1.02. The topological polar surface area (TPSA) is 51.5 Å². The van der Waals surface area contributed by atoms with Gasteiger partial charge >= 0.3 is 0 Å². The molecule has 1 aliphatic rings. The molecule has 0 saturated heterocycles. The van der Waals surface area contributed by atoms with Gasteiger partial charge in [-0.2, -0.15) is 5.10 Å². The van der Waals surface area contributed by atoms with Gasteiger partial charge in [0.15, 0.2) is 5.65 Å². The lowest BCUT2D eigenvalue weighted by molar-refractivity contribution is 0.227. The van der Waals surface area contributed by atoms with Crippen LogP contribution in [0.5, 0.6) is 5.75 Å². The number of hydrogen-bond acceptors (Lipinski definition) is 4. The van der Waals surface area contributed by atoms with Crippen LogP contribution >= 0.6 is 0 Å². The van der Waals surface area contributed by atoms with E-state index in [2.05, 4.69) is 34.5 Å². The highest BCUT2D eigenvalue weighted by molar-refractivity contribution is 5.47. The molecule has 1 aliphatic heterocycles. The summed E-state index contributed by atoms with van der Waals surface area (Å²) < 4.78 is 7.85. The van der Waals surface area contributed by atoms with Gasteiger partial charge in [0.25, 0.3) is 0 Å². The number of ether oxygens (including phenoxy) is 1. The van der Waals surface area contributed by atoms with E-state index in [1.807, 2.05) is 35.8 Å². The highest BCUT2D eigenvalue weighted by Gasteiger charge is 2.21. The number of rotatable bonds is 4. The third-order valence-corrected chi connectivity index (χ3v) is 4.25. The smallest absolute Gasteiger partial charge is 0.159 e. The van der Waals surface area contributed by atoms with E-state index in [1.54, 1.807) is 0 Å². The Balaban J connectivity index is 1.41. The van der Waals surface area contributed by atoms with Crippen molar-refractivity contribution in [3.63, 3.8) is 0 Å². The molecular formula is C18H20N4O. The minimum absolute atomic E-state index is 0.200. The second kappa shape index (κ2) is 5.66. The molecule has 1 unspecified atom stereocenters. The lowest BCUT2D eigenvalue weighted by Gasteiger charge is -2.11. The molecule has 1 atom stereocenters. The van der Waals surface area contributed by atoms with E-state index in [9.17, 15) is 0 Å². The van der Waals surface area contributed by atoms with E-state index in [0.29, 0.717) is 0 Å². The van der Waals surface area contributed by atoms with Gasteiger partial charge in [-0.15, -0.1) is 0 Å². The third-order valence-electron chi connectivity index (χ3n) is 4.25. The number of aromatic nitrogens is 3. The van der Waals surface area contributed by atoms with Crippen molar-refractivity contribution in [2.75, 3.05) is 6.54 Å². The summed E-state index contributed by atoms with van der Waals surface area (Å²) in [4.78, 5) is 4.61. The highest BCUT2D eigenvalue weighted by Crippen LogP contribution is 2.27. The Morgan fingerprint density at radius 2 is 2.17 bits per heavy atom. The van der Waals surface area contributed by atoms with Crippen LogP contribution < -0.4 is 10.1 Å². The molecule has 0 fully saturated rings. The first-order valence-corrected chi connectivity index (χ1v) is 7.97. The van der Waals surface area contributed by atoms with Crippen LogP contribution in [0.25, 0.3) is 5.65 Å². The van der Waals surface area contributed by atoms with Gasteiger partial charge in [0.1, 0.15) is 11.9 Å². The number of benzene rings is 1. The van der Waals surface area contributed by atoms with Crippen molar-refractivity contribution in [3.8, 4) is 5.75 Å². The maximum absolute atomic E-state index is 5.95. The maximum atomic E-state index is 5.95. The molecule has 1 aromatic carbocycles. The van der Waals surface area contributed by atoms with Gasteiger partial charge in [0.05, 0.1) is 6.20 Å². The van der Waals surface area contributed by atoms with Gasteiger partial charge in [-0.05, 0) is 31.5 Å². The Bertz CT molecular complexity index is 830. The molecule has 0 radical (unpaired) electrons. The normalized spacial score (nSPS) is 16.5. The summed E-state index contributed by atoms with van der Waals surface area (Å²) in [5, 5.41) is 7.90. The van der Waals surface area contributed by atoms with Crippen LogP contribution in [0.2, 0.25) is 0 Å². The van der Waals surface area contributed by atoms with Crippen LogP contribution in [0.15, 0.2) is 36.5 Å². The maximum Gasteiger partial charge on any atom is 0.159 e. The molecule has 5 heteroatoms. The van der Waals surface area contributed by atoms with Crippen molar-refractivity contribution >= 4 is 5.65 Å². The Morgan fingerprint density at radius 1 is 1.30 bits per heavy atom. The van der Waals surface area contributed by atoms with Crippen LogP contribution in [0.1, 0.15) is 22.5 Å². The SMILES string of the molecule is Cc1cc(C)n2ncc(CNCC3Cc4ccccc4O3)c2n1. The summed E-state index contributed by atoms with van der Waals surface area (Å²) in [6, 6.07) is 10.3. The molecule has 1 N–H and O–H groups in total. The zero-order valence-corrected chi connectivity index (χ0v) is 13.4. The Kier molecular flexibility index (Phi) is 3.50. The summed E-state index contributed by atoms with van der Waals surface area (Å²) in [6.07, 6.45) is 3.06. The fourth-order valence-corrected chi connectivity index (χ4v) is 3.18. The highest BCUT2D eigenvalue weighted by atomic mass is 16.5. The fraction of sp³-hybridized carbons (Fsp3) is 0.333. The molecule has 118 valence electrons. The van der Waals surface area contributed by atoms with Crippen molar-refractivity contribution < 1.29 is 4.74 Å². The second-order valence-corrected chi connectivity index (χ2v) is 6.13. The first-order valence-electron chi connectivity index (χ1n) is 7.97. The van der Waals surface area contributed by atoms with Gasteiger partial charge < -0.3 is 10.1 Å². The number of nitrogens with one attached hydrogen (secondary N) is 1. The molecule has 5 nitrogen and oxygen atoms in total. The van der Waals surface area contributed by atoms with Crippen LogP contribution in [0.3, 0.4) is 0 Å². The number of aryl methyl sites for hydroxylation is 2. The zero-order chi connectivity index (χ0) is 15.8. The quantitative estimate of drug-likeness (QED) is 0.804. The Morgan fingerprint density at radius 3 is 3.04 bits per heavy atom. The third kappa shape index (κ3) is 2.68. The van der Waals surface area contributed by atoms with Gasteiger partial charge in [-0.1, -0.05) is 18.2 Å². The molecule has 23 heavy (non-hydrogen) atoms. The number of fused-ring (bicyclic) bond motifs is 2. The van der Waals surface area contributed by atoms with E-state index in [4.69, 9.17) is 4.74 Å². The van der Waals surface area contributed by atoms with Crippen molar-refractivity contribution in [1.29, 1.82) is 0 Å². The van der Waals surface area contributed by atoms with Crippen molar-refractivity contribution in [1.82, 2.24) is 19.9 Å². The molecule has 3 heterocycles. The average molecular weight is 308 g/mol. The van der Waals surface area contributed by atoms with E-state index in [-0.39, 0.29) is 6.10 Å². The number of para-hydroxylation sites is 1. The molecule has 0 amide bonds. The van der Waals surface area contributed by atoms with Crippen LogP contribution in [0, 0.1) is 13.8 Å². The molecular weight excluding hydrogens is 288 g/mol. The van der Waals surface area contributed by atoms with Gasteiger partial charge in [0, 0.05) is 36.5 Å². The number of hydrogen-bond donors (Lipinski definition) is 1. The van der Waals surface area contributed by atoms with Crippen molar-refractivity contribution in [2.24, 2.45) is 0 Å². The summed E-state index contributed by atoms with van der Waals surface area (Å²) in [5.41, 5.74) is 5.47. The van der Waals surface area contributed by atoms with E-state index < -0.39 is 0 Å². The Hall–Kier alpha value is -2.40. The molecule has 0 spiro atoms. The minimum Gasteiger partial charge on any atom is -0.488 e. The fourth-order valence-electron chi connectivity index (χ4n) is 3.18. The monoisotopic (exact) mass is 308 g/mol. The lowest BCUT2D eigenvalue weighted by atomic mass is 10.1. The zero-order valence-electron chi connectivity index (χ0n) is 13.4. The van der Waals surface area contributed by atoms with E-state index in [0.717, 1.165) is 47.9 Å². The predicted octanol–water partition coefficient (Wildman–Crippen LogP) is 2.44. The summed E-state index contributed by atoms with van der Waals surface area (Å²) in [7, 11) is 0. The predicted molar refractivity (Wildman–Crippen MR) is 88.7 cm³/mol. The first kappa shape index (κ1) is 14.2. The molecule has 2 aromatic heterocycles.